The number of benzene rings is 2. The summed E-state index contributed by atoms with van der Waals surface area (Å²) < 4.78 is 16.2. The van der Waals surface area contributed by atoms with E-state index in [1.165, 1.54) is 11.3 Å². The molecular weight excluding hydrogens is 368 g/mol. The molecule has 2 aromatic carbocycles. The average Bonchev–Trinajstić information content (AvgIpc) is 2.75. The molecule has 3 aromatic rings. The Morgan fingerprint density at radius 1 is 0.793 bits per heavy atom. The summed E-state index contributed by atoms with van der Waals surface area (Å²) in [6.07, 6.45) is 0. The van der Waals surface area contributed by atoms with E-state index in [-0.39, 0.29) is 6.61 Å². The molecule has 0 bridgehead atoms. The third kappa shape index (κ3) is 6.15. The number of ether oxygens (including phenoxy) is 3. The fraction of sp³-hybridized carbons (Fsp3) is 0.348. The topological polar surface area (TPSA) is 64.1 Å². The van der Waals surface area contributed by atoms with Gasteiger partial charge in [0, 0.05) is 31.2 Å². The molecule has 0 radical (unpaired) electrons. The van der Waals surface area contributed by atoms with Crippen molar-refractivity contribution in [1.29, 1.82) is 0 Å². The molecule has 1 N–H and O–H groups in total. The molecular formula is C23H28N2O4. The number of aliphatic hydroxyl groups is 1. The van der Waals surface area contributed by atoms with E-state index in [1.807, 2.05) is 32.3 Å². The number of fused-ring (bicyclic) bond motifs is 1. The number of pyridine rings is 1. The Bertz CT molecular complexity index is 897. The predicted octanol–water partition coefficient (Wildman–Crippen LogP) is 3.37. The molecule has 0 saturated heterocycles. The Morgan fingerprint density at radius 3 is 2.21 bits per heavy atom. The van der Waals surface area contributed by atoms with Crippen LogP contribution in [0.4, 0.5) is 5.69 Å². The van der Waals surface area contributed by atoms with Crippen molar-refractivity contribution >= 4 is 16.6 Å². The van der Waals surface area contributed by atoms with Crippen LogP contribution in [-0.2, 0) is 9.47 Å². The molecule has 0 aliphatic rings. The summed E-state index contributed by atoms with van der Waals surface area (Å²) in [5.41, 5.74) is 4.42. The lowest BCUT2D eigenvalue weighted by Crippen LogP contribution is -2.12. The van der Waals surface area contributed by atoms with E-state index >= 15 is 0 Å². The van der Waals surface area contributed by atoms with Crippen LogP contribution in [0.1, 0.15) is 0 Å². The maximum atomic E-state index is 8.62. The highest BCUT2D eigenvalue weighted by Gasteiger charge is 2.04. The molecule has 0 spiro atoms. The third-order valence-corrected chi connectivity index (χ3v) is 4.47. The monoisotopic (exact) mass is 396 g/mol. The molecule has 154 valence electrons. The fourth-order valence-electron chi connectivity index (χ4n) is 2.91. The molecule has 6 heteroatoms. The Balaban J connectivity index is 1.55. The van der Waals surface area contributed by atoms with E-state index in [0.29, 0.717) is 38.9 Å². The van der Waals surface area contributed by atoms with Gasteiger partial charge in [0.25, 0.3) is 0 Å². The molecule has 0 unspecified atom stereocenters. The molecule has 0 amide bonds. The Morgan fingerprint density at radius 2 is 1.48 bits per heavy atom. The van der Waals surface area contributed by atoms with Crippen LogP contribution in [0.5, 0.6) is 5.88 Å². The van der Waals surface area contributed by atoms with Gasteiger partial charge >= 0.3 is 0 Å². The Hall–Kier alpha value is -2.67. The van der Waals surface area contributed by atoms with Crippen molar-refractivity contribution in [3.8, 4) is 17.0 Å². The van der Waals surface area contributed by atoms with Crippen LogP contribution in [0, 0.1) is 0 Å². The molecule has 1 aromatic heterocycles. The lowest BCUT2D eigenvalue weighted by molar-refractivity contribution is 0.0243. The van der Waals surface area contributed by atoms with Crippen LogP contribution in [-0.4, -0.2) is 63.8 Å². The molecule has 0 aliphatic carbocycles. The van der Waals surface area contributed by atoms with E-state index in [1.54, 1.807) is 0 Å². The van der Waals surface area contributed by atoms with Crippen molar-refractivity contribution in [2.24, 2.45) is 0 Å². The minimum atomic E-state index is 0.0287. The smallest absolute Gasteiger partial charge is 0.213 e. The van der Waals surface area contributed by atoms with E-state index in [4.69, 9.17) is 19.3 Å². The lowest BCUT2D eigenvalue weighted by Gasteiger charge is -2.13. The number of hydrogen-bond donors (Lipinski definition) is 1. The average molecular weight is 396 g/mol. The first-order chi connectivity index (χ1) is 14.2. The van der Waals surface area contributed by atoms with E-state index in [9.17, 15) is 0 Å². The van der Waals surface area contributed by atoms with Crippen LogP contribution < -0.4 is 9.64 Å². The summed E-state index contributed by atoms with van der Waals surface area (Å²) in [7, 11) is 4.08. The first-order valence-corrected chi connectivity index (χ1v) is 9.75. The lowest BCUT2D eigenvalue weighted by atomic mass is 10.0. The zero-order chi connectivity index (χ0) is 20.5. The summed E-state index contributed by atoms with van der Waals surface area (Å²) in [5.74, 6) is 0.584. The second-order valence-electron chi connectivity index (χ2n) is 6.80. The minimum Gasteiger partial charge on any atom is -0.475 e. The van der Waals surface area contributed by atoms with E-state index in [0.717, 1.165) is 16.5 Å². The van der Waals surface area contributed by atoms with Gasteiger partial charge in [0.15, 0.2) is 0 Å². The molecule has 1 heterocycles. The molecule has 0 atom stereocenters. The number of aromatic nitrogens is 1. The summed E-state index contributed by atoms with van der Waals surface area (Å²) in [6, 6.07) is 18.7. The van der Waals surface area contributed by atoms with Crippen LogP contribution in [0.15, 0.2) is 54.6 Å². The standard InChI is InChI=1S/C23H28N2O4/c1-25(2)21-7-3-18(4-8-21)19-5-9-22-20(17-19)6-10-23(24-22)29-16-15-28-14-13-27-12-11-26/h3-10,17,26H,11-16H2,1-2H3. The second-order valence-corrected chi connectivity index (χ2v) is 6.80. The van der Waals surface area contributed by atoms with E-state index in [2.05, 4.69) is 46.3 Å². The van der Waals surface area contributed by atoms with Gasteiger partial charge in [-0.15, -0.1) is 0 Å². The molecule has 0 aliphatic heterocycles. The largest absolute Gasteiger partial charge is 0.475 e. The van der Waals surface area contributed by atoms with E-state index < -0.39 is 0 Å². The van der Waals surface area contributed by atoms with Crippen LogP contribution >= 0.6 is 0 Å². The molecule has 0 fully saturated rings. The van der Waals surface area contributed by atoms with Crippen molar-refractivity contribution in [3.05, 3.63) is 54.6 Å². The predicted molar refractivity (Wildman–Crippen MR) is 116 cm³/mol. The van der Waals surface area contributed by atoms with Gasteiger partial charge in [-0.1, -0.05) is 18.2 Å². The second kappa shape index (κ2) is 10.8. The summed E-state index contributed by atoms with van der Waals surface area (Å²) in [4.78, 5) is 6.66. The Labute approximate surface area is 171 Å². The SMILES string of the molecule is CN(C)c1ccc(-c2ccc3nc(OCCOCCOCCO)ccc3c2)cc1. The summed E-state index contributed by atoms with van der Waals surface area (Å²) >= 11 is 0. The number of nitrogens with zero attached hydrogens (tertiary/aromatic N) is 2. The maximum Gasteiger partial charge on any atom is 0.213 e. The van der Waals surface area contributed by atoms with Gasteiger partial charge in [-0.05, 0) is 41.5 Å². The molecule has 0 saturated carbocycles. The van der Waals surface area contributed by atoms with Crippen molar-refractivity contribution in [3.63, 3.8) is 0 Å². The highest BCUT2D eigenvalue weighted by atomic mass is 16.5. The first-order valence-electron chi connectivity index (χ1n) is 9.75. The van der Waals surface area contributed by atoms with Gasteiger partial charge < -0.3 is 24.2 Å². The normalized spacial score (nSPS) is 11.0. The first kappa shape index (κ1) is 21.0. The van der Waals surface area contributed by atoms with Crippen LogP contribution in [0.25, 0.3) is 22.0 Å². The van der Waals surface area contributed by atoms with Crippen LogP contribution in [0.2, 0.25) is 0 Å². The van der Waals surface area contributed by atoms with Gasteiger partial charge in [-0.25, -0.2) is 4.98 Å². The summed E-state index contributed by atoms with van der Waals surface area (Å²) in [5, 5.41) is 9.69. The van der Waals surface area contributed by atoms with Gasteiger partial charge in [-0.2, -0.15) is 0 Å². The van der Waals surface area contributed by atoms with Crippen molar-refractivity contribution < 1.29 is 19.3 Å². The maximum absolute atomic E-state index is 8.62. The van der Waals surface area contributed by atoms with Gasteiger partial charge in [0.2, 0.25) is 5.88 Å². The number of aliphatic hydroxyl groups excluding tert-OH is 1. The van der Waals surface area contributed by atoms with Crippen LogP contribution in [0.3, 0.4) is 0 Å². The van der Waals surface area contributed by atoms with Gasteiger partial charge in [0.1, 0.15) is 6.61 Å². The number of anilines is 1. The van der Waals surface area contributed by atoms with Gasteiger partial charge in [0.05, 0.1) is 38.6 Å². The minimum absolute atomic E-state index is 0.0287. The quantitative estimate of drug-likeness (QED) is 0.502. The Kier molecular flexibility index (Phi) is 7.81. The van der Waals surface area contributed by atoms with Crippen molar-refractivity contribution in [2.75, 3.05) is 58.6 Å². The van der Waals surface area contributed by atoms with Crippen molar-refractivity contribution in [1.82, 2.24) is 4.98 Å². The highest BCUT2D eigenvalue weighted by molar-refractivity contribution is 5.85. The molecule has 29 heavy (non-hydrogen) atoms. The number of rotatable bonds is 11. The van der Waals surface area contributed by atoms with Crippen molar-refractivity contribution in [2.45, 2.75) is 0 Å². The third-order valence-electron chi connectivity index (χ3n) is 4.47. The number of hydrogen-bond acceptors (Lipinski definition) is 6. The molecule has 3 rings (SSSR count). The van der Waals surface area contributed by atoms with Gasteiger partial charge in [-0.3, -0.25) is 0 Å². The fourth-order valence-corrected chi connectivity index (χ4v) is 2.91. The zero-order valence-electron chi connectivity index (χ0n) is 17.0. The summed E-state index contributed by atoms with van der Waals surface area (Å²) in [6.45, 7) is 2.20. The molecule has 6 nitrogen and oxygen atoms in total. The highest BCUT2D eigenvalue weighted by Crippen LogP contribution is 2.26. The zero-order valence-corrected chi connectivity index (χ0v) is 17.0.